The van der Waals surface area contributed by atoms with Gasteiger partial charge in [0.2, 0.25) is 0 Å². The van der Waals surface area contributed by atoms with Crippen LogP contribution in [0.5, 0.6) is 11.5 Å². The van der Waals surface area contributed by atoms with Crippen LogP contribution in [0.1, 0.15) is 29.2 Å². The number of aromatic nitrogens is 1. The normalized spacial score (nSPS) is 14.8. The summed E-state index contributed by atoms with van der Waals surface area (Å²) in [7, 11) is 1.56. The molecule has 4 aromatic rings. The first kappa shape index (κ1) is 20.8. The molecule has 6 heteroatoms. The molecular formula is C27H24N2O4. The second kappa shape index (κ2) is 8.47. The second-order valence-corrected chi connectivity index (χ2v) is 8.20. The van der Waals surface area contributed by atoms with E-state index in [1.54, 1.807) is 31.5 Å². The third-order valence-corrected chi connectivity index (χ3v) is 6.20. The van der Waals surface area contributed by atoms with Crippen molar-refractivity contribution in [3.8, 4) is 22.6 Å². The number of carboxylic acids is 1. The van der Waals surface area contributed by atoms with Crippen LogP contribution in [-0.2, 0) is 17.6 Å². The fourth-order valence-electron chi connectivity index (χ4n) is 4.59. The van der Waals surface area contributed by atoms with Gasteiger partial charge >= 0.3 is 5.97 Å². The Hall–Kier alpha value is -4.06. The number of ether oxygens (including phenoxy) is 2. The van der Waals surface area contributed by atoms with Crippen molar-refractivity contribution in [3.63, 3.8) is 0 Å². The number of methoxy groups -OCH3 is 1. The number of anilines is 1. The molecule has 0 saturated heterocycles. The van der Waals surface area contributed by atoms with E-state index in [1.165, 1.54) is 5.56 Å². The molecule has 3 N–H and O–H groups in total. The van der Waals surface area contributed by atoms with Crippen molar-refractivity contribution in [1.82, 2.24) is 4.98 Å². The van der Waals surface area contributed by atoms with Crippen molar-refractivity contribution in [3.05, 3.63) is 83.6 Å². The molecule has 0 spiro atoms. The summed E-state index contributed by atoms with van der Waals surface area (Å²) in [6.45, 7) is 0. The SMILES string of the molecule is COc1ccc(OC2CCc3ccc(-c4cccc5c(N)nccc45)cc32)c(CC(=O)O)c1. The topological polar surface area (TPSA) is 94.7 Å². The molecule has 0 amide bonds. The Morgan fingerprint density at radius 3 is 2.82 bits per heavy atom. The lowest BCUT2D eigenvalue weighted by molar-refractivity contribution is -0.136. The van der Waals surface area contributed by atoms with Crippen LogP contribution >= 0.6 is 0 Å². The highest BCUT2D eigenvalue weighted by molar-refractivity contribution is 6.01. The van der Waals surface area contributed by atoms with Crippen molar-refractivity contribution in [2.24, 2.45) is 0 Å². The van der Waals surface area contributed by atoms with Crippen LogP contribution in [0.2, 0.25) is 0 Å². The zero-order chi connectivity index (χ0) is 22.9. The van der Waals surface area contributed by atoms with Gasteiger partial charge < -0.3 is 20.3 Å². The summed E-state index contributed by atoms with van der Waals surface area (Å²) in [5.74, 6) is 0.789. The van der Waals surface area contributed by atoms with Crippen LogP contribution in [-0.4, -0.2) is 23.2 Å². The molecule has 3 aromatic carbocycles. The Balaban J connectivity index is 1.51. The van der Waals surface area contributed by atoms with Crippen LogP contribution in [0.25, 0.3) is 21.9 Å². The molecule has 0 saturated carbocycles. The van der Waals surface area contributed by atoms with E-state index in [0.717, 1.165) is 40.3 Å². The van der Waals surface area contributed by atoms with Crippen molar-refractivity contribution < 1.29 is 19.4 Å². The minimum atomic E-state index is -0.910. The van der Waals surface area contributed by atoms with Crippen LogP contribution in [0, 0.1) is 0 Å². The van der Waals surface area contributed by atoms with Crippen LogP contribution < -0.4 is 15.2 Å². The molecule has 1 unspecified atom stereocenters. The van der Waals surface area contributed by atoms with E-state index < -0.39 is 5.97 Å². The molecular weight excluding hydrogens is 416 g/mol. The fourth-order valence-corrected chi connectivity index (χ4v) is 4.59. The Morgan fingerprint density at radius 2 is 2.00 bits per heavy atom. The number of nitrogens with two attached hydrogens (primary N) is 1. The maximum Gasteiger partial charge on any atom is 0.307 e. The van der Waals surface area contributed by atoms with Crippen LogP contribution in [0.4, 0.5) is 5.82 Å². The maximum absolute atomic E-state index is 11.4. The minimum absolute atomic E-state index is 0.127. The van der Waals surface area contributed by atoms with Crippen molar-refractivity contribution >= 4 is 22.6 Å². The summed E-state index contributed by atoms with van der Waals surface area (Å²) in [4.78, 5) is 15.6. The largest absolute Gasteiger partial charge is 0.497 e. The first-order chi connectivity index (χ1) is 16.0. The zero-order valence-corrected chi connectivity index (χ0v) is 18.2. The van der Waals surface area contributed by atoms with E-state index in [4.69, 9.17) is 15.2 Å². The number of benzene rings is 3. The highest BCUT2D eigenvalue weighted by atomic mass is 16.5. The van der Waals surface area contributed by atoms with Gasteiger partial charge in [-0.2, -0.15) is 0 Å². The van der Waals surface area contributed by atoms with E-state index in [0.29, 0.717) is 22.9 Å². The standard InChI is InChI=1S/C27H24N2O4/c1-32-19-8-10-24(18(13-19)15-26(30)31)33-25-9-7-16-5-6-17(14-23(16)25)20-3-2-4-22-21(20)11-12-29-27(22)28/h2-6,8,10-14,25H,7,9,15H2,1H3,(H2,28,29)(H,30,31). The lowest BCUT2D eigenvalue weighted by Crippen LogP contribution is -2.08. The molecule has 6 nitrogen and oxygen atoms in total. The summed E-state index contributed by atoms with van der Waals surface area (Å²) in [6, 6.07) is 19.8. The third-order valence-electron chi connectivity index (χ3n) is 6.20. The summed E-state index contributed by atoms with van der Waals surface area (Å²) >= 11 is 0. The molecule has 0 bridgehead atoms. The maximum atomic E-state index is 11.4. The summed E-state index contributed by atoms with van der Waals surface area (Å²) < 4.78 is 11.6. The van der Waals surface area contributed by atoms with Crippen molar-refractivity contribution in [2.75, 3.05) is 12.8 Å². The number of rotatable bonds is 6. The van der Waals surface area contributed by atoms with Gasteiger partial charge in [0, 0.05) is 17.1 Å². The minimum Gasteiger partial charge on any atom is -0.497 e. The quantitative estimate of drug-likeness (QED) is 0.429. The van der Waals surface area contributed by atoms with Crippen LogP contribution in [0.3, 0.4) is 0 Å². The summed E-state index contributed by atoms with van der Waals surface area (Å²) in [5, 5.41) is 11.3. The van der Waals surface area contributed by atoms with E-state index in [9.17, 15) is 9.90 Å². The highest BCUT2D eigenvalue weighted by Gasteiger charge is 2.26. The third kappa shape index (κ3) is 3.96. The number of aryl methyl sites for hydroxylation is 1. The number of nitrogens with zero attached hydrogens (tertiary/aromatic N) is 1. The number of hydrogen-bond acceptors (Lipinski definition) is 5. The molecule has 1 aliphatic rings. The summed E-state index contributed by atoms with van der Waals surface area (Å²) in [6.07, 6.45) is 3.20. The Kier molecular flexibility index (Phi) is 5.34. The number of pyridine rings is 1. The molecule has 0 fully saturated rings. The average molecular weight is 440 g/mol. The lowest BCUT2D eigenvalue weighted by Gasteiger charge is -2.19. The van der Waals surface area contributed by atoms with Crippen molar-refractivity contribution in [2.45, 2.75) is 25.4 Å². The van der Waals surface area contributed by atoms with Crippen molar-refractivity contribution in [1.29, 1.82) is 0 Å². The molecule has 1 aromatic heterocycles. The second-order valence-electron chi connectivity index (χ2n) is 8.20. The van der Waals surface area contributed by atoms with E-state index >= 15 is 0 Å². The predicted molar refractivity (Wildman–Crippen MR) is 128 cm³/mol. The van der Waals surface area contributed by atoms with Gasteiger partial charge in [-0.1, -0.05) is 30.3 Å². The van der Waals surface area contributed by atoms with Gasteiger partial charge in [0.1, 0.15) is 23.4 Å². The smallest absolute Gasteiger partial charge is 0.307 e. The molecule has 1 heterocycles. The molecule has 1 atom stereocenters. The van der Waals surface area contributed by atoms with E-state index in [-0.39, 0.29) is 12.5 Å². The number of carboxylic acid groups (broad SMARTS) is 1. The molecule has 1 aliphatic carbocycles. The zero-order valence-electron chi connectivity index (χ0n) is 18.2. The Labute approximate surface area is 191 Å². The summed E-state index contributed by atoms with van der Waals surface area (Å²) in [5.41, 5.74) is 11.2. The molecule has 5 rings (SSSR count). The van der Waals surface area contributed by atoms with Gasteiger partial charge in [-0.05, 0) is 70.8 Å². The lowest BCUT2D eigenvalue weighted by atomic mass is 9.96. The van der Waals surface area contributed by atoms with Gasteiger partial charge in [-0.25, -0.2) is 4.98 Å². The fraction of sp³-hybridized carbons (Fsp3) is 0.185. The Bertz CT molecular complexity index is 1370. The molecule has 33 heavy (non-hydrogen) atoms. The van der Waals surface area contributed by atoms with E-state index in [1.807, 2.05) is 18.2 Å². The van der Waals surface area contributed by atoms with Crippen LogP contribution in [0.15, 0.2) is 66.9 Å². The first-order valence-electron chi connectivity index (χ1n) is 10.9. The number of carbonyl (C=O) groups is 1. The van der Waals surface area contributed by atoms with Gasteiger partial charge in [-0.3, -0.25) is 4.79 Å². The predicted octanol–water partition coefficient (Wildman–Crippen LogP) is 5.19. The molecule has 166 valence electrons. The number of aliphatic carboxylic acids is 1. The number of hydrogen-bond donors (Lipinski definition) is 2. The first-order valence-corrected chi connectivity index (χ1v) is 10.9. The molecule has 0 aliphatic heterocycles. The Morgan fingerprint density at radius 1 is 1.12 bits per heavy atom. The van der Waals surface area contributed by atoms with Gasteiger partial charge in [-0.15, -0.1) is 0 Å². The highest BCUT2D eigenvalue weighted by Crippen LogP contribution is 2.40. The number of fused-ring (bicyclic) bond motifs is 2. The van der Waals surface area contributed by atoms with Gasteiger partial charge in [0.25, 0.3) is 0 Å². The molecule has 0 radical (unpaired) electrons. The van der Waals surface area contributed by atoms with E-state index in [2.05, 4.69) is 29.2 Å². The monoisotopic (exact) mass is 440 g/mol. The number of nitrogen functional groups attached to an aromatic ring is 1. The average Bonchev–Trinajstić information content (AvgIpc) is 3.22. The van der Waals surface area contributed by atoms with Gasteiger partial charge in [0.15, 0.2) is 0 Å². The van der Waals surface area contributed by atoms with Gasteiger partial charge in [0.05, 0.1) is 13.5 Å².